The number of rotatable bonds is 5. The first-order valence-electron chi connectivity index (χ1n) is 4.73. The standard InChI is InChI=1S/C9H14F3N3/c1-15-7-3-8(14-15)2-5-13-6-4-9(10,11)12/h3,7,13H,2,4-6H2,1H3. The van der Waals surface area contributed by atoms with Gasteiger partial charge >= 0.3 is 6.18 Å². The van der Waals surface area contributed by atoms with E-state index in [-0.39, 0.29) is 6.54 Å². The molecular formula is C9H14F3N3. The van der Waals surface area contributed by atoms with Gasteiger partial charge in [-0.25, -0.2) is 0 Å². The smallest absolute Gasteiger partial charge is 0.316 e. The fourth-order valence-electron chi connectivity index (χ4n) is 1.17. The average Bonchev–Trinajstić information content (AvgIpc) is 2.49. The third kappa shape index (κ3) is 5.41. The highest BCUT2D eigenvalue weighted by Gasteiger charge is 2.25. The van der Waals surface area contributed by atoms with Gasteiger partial charge in [0.2, 0.25) is 0 Å². The summed E-state index contributed by atoms with van der Waals surface area (Å²) in [5.41, 5.74) is 0.886. The van der Waals surface area contributed by atoms with E-state index in [0.29, 0.717) is 13.0 Å². The summed E-state index contributed by atoms with van der Waals surface area (Å²) in [6, 6.07) is 1.85. The van der Waals surface area contributed by atoms with Crippen LogP contribution >= 0.6 is 0 Å². The number of aryl methyl sites for hydroxylation is 1. The van der Waals surface area contributed by atoms with Crippen molar-refractivity contribution in [2.75, 3.05) is 13.1 Å². The number of nitrogens with one attached hydrogen (secondary N) is 1. The molecule has 0 fully saturated rings. The zero-order valence-corrected chi connectivity index (χ0v) is 8.51. The van der Waals surface area contributed by atoms with Crippen molar-refractivity contribution in [2.45, 2.75) is 19.0 Å². The molecule has 0 radical (unpaired) electrons. The molecule has 0 atom stereocenters. The number of halogens is 3. The fourth-order valence-corrected chi connectivity index (χ4v) is 1.17. The predicted octanol–water partition coefficient (Wildman–Crippen LogP) is 1.50. The summed E-state index contributed by atoms with van der Waals surface area (Å²) in [7, 11) is 1.81. The van der Waals surface area contributed by atoms with E-state index in [1.807, 2.05) is 12.3 Å². The average molecular weight is 221 g/mol. The van der Waals surface area contributed by atoms with Gasteiger partial charge in [0.05, 0.1) is 12.1 Å². The third-order valence-electron chi connectivity index (χ3n) is 1.91. The number of hydrogen-bond acceptors (Lipinski definition) is 2. The maximum atomic E-state index is 11.8. The molecule has 1 aromatic rings. The quantitative estimate of drug-likeness (QED) is 0.764. The van der Waals surface area contributed by atoms with Crippen LogP contribution in [-0.2, 0) is 13.5 Å². The topological polar surface area (TPSA) is 29.9 Å². The van der Waals surface area contributed by atoms with E-state index in [2.05, 4.69) is 10.4 Å². The number of alkyl halides is 3. The summed E-state index contributed by atoms with van der Waals surface area (Å²) in [5.74, 6) is 0. The van der Waals surface area contributed by atoms with E-state index < -0.39 is 12.6 Å². The molecule has 0 aliphatic rings. The second kappa shape index (κ2) is 5.16. The van der Waals surface area contributed by atoms with E-state index in [0.717, 1.165) is 5.69 Å². The van der Waals surface area contributed by atoms with Crippen LogP contribution in [-0.4, -0.2) is 29.0 Å². The van der Waals surface area contributed by atoms with Crippen molar-refractivity contribution >= 4 is 0 Å². The maximum Gasteiger partial charge on any atom is 0.390 e. The minimum Gasteiger partial charge on any atom is -0.316 e. The monoisotopic (exact) mass is 221 g/mol. The van der Waals surface area contributed by atoms with Crippen LogP contribution in [0.5, 0.6) is 0 Å². The van der Waals surface area contributed by atoms with E-state index in [9.17, 15) is 13.2 Å². The van der Waals surface area contributed by atoms with Gasteiger partial charge in [0.1, 0.15) is 0 Å². The van der Waals surface area contributed by atoms with Crippen molar-refractivity contribution in [1.82, 2.24) is 15.1 Å². The molecule has 3 nitrogen and oxygen atoms in total. The molecule has 0 saturated carbocycles. The molecule has 6 heteroatoms. The van der Waals surface area contributed by atoms with Crippen molar-refractivity contribution in [3.63, 3.8) is 0 Å². The summed E-state index contributed by atoms with van der Waals surface area (Å²) in [4.78, 5) is 0. The zero-order valence-electron chi connectivity index (χ0n) is 8.51. The molecule has 0 aliphatic carbocycles. The van der Waals surface area contributed by atoms with Crippen LogP contribution in [0.3, 0.4) is 0 Å². The van der Waals surface area contributed by atoms with E-state index in [1.165, 1.54) is 0 Å². The Hall–Kier alpha value is -1.04. The molecule has 86 valence electrons. The Balaban J connectivity index is 2.07. The van der Waals surface area contributed by atoms with Crippen molar-refractivity contribution in [2.24, 2.45) is 7.05 Å². The van der Waals surface area contributed by atoms with Crippen molar-refractivity contribution in [3.8, 4) is 0 Å². The molecule has 0 unspecified atom stereocenters. The number of hydrogen-bond donors (Lipinski definition) is 1. The normalized spacial score (nSPS) is 12.0. The highest BCUT2D eigenvalue weighted by atomic mass is 19.4. The maximum absolute atomic E-state index is 11.8. The molecule has 0 bridgehead atoms. The third-order valence-corrected chi connectivity index (χ3v) is 1.91. The lowest BCUT2D eigenvalue weighted by atomic mass is 10.3. The first-order chi connectivity index (χ1) is 6.97. The highest BCUT2D eigenvalue weighted by molar-refractivity contribution is 4.98. The molecule has 1 heterocycles. The first kappa shape index (κ1) is 12.0. The summed E-state index contributed by atoms with van der Waals surface area (Å²) >= 11 is 0. The van der Waals surface area contributed by atoms with Gasteiger partial charge in [-0.05, 0) is 6.07 Å². The van der Waals surface area contributed by atoms with Crippen molar-refractivity contribution in [1.29, 1.82) is 0 Å². The second-order valence-electron chi connectivity index (χ2n) is 3.35. The molecule has 1 N–H and O–H groups in total. The van der Waals surface area contributed by atoms with Gasteiger partial charge in [-0.2, -0.15) is 18.3 Å². The second-order valence-corrected chi connectivity index (χ2v) is 3.35. The molecule has 0 aromatic carbocycles. The van der Waals surface area contributed by atoms with E-state index in [1.54, 1.807) is 11.7 Å². The van der Waals surface area contributed by atoms with E-state index in [4.69, 9.17) is 0 Å². The Morgan fingerprint density at radius 3 is 2.67 bits per heavy atom. The van der Waals surface area contributed by atoms with Gasteiger partial charge in [-0.15, -0.1) is 0 Å². The molecule has 1 rings (SSSR count). The van der Waals surface area contributed by atoms with Crippen LogP contribution in [0.25, 0.3) is 0 Å². The predicted molar refractivity (Wildman–Crippen MR) is 50.5 cm³/mol. The van der Waals surface area contributed by atoms with Gasteiger partial charge in [-0.3, -0.25) is 4.68 Å². The first-order valence-corrected chi connectivity index (χ1v) is 4.73. The van der Waals surface area contributed by atoms with Crippen LogP contribution < -0.4 is 5.32 Å². The molecule has 0 saturated heterocycles. The van der Waals surface area contributed by atoms with Gasteiger partial charge < -0.3 is 5.32 Å². The Bertz CT molecular complexity index is 293. The van der Waals surface area contributed by atoms with Crippen LogP contribution in [0.1, 0.15) is 12.1 Å². The summed E-state index contributed by atoms with van der Waals surface area (Å²) in [5, 5.41) is 6.84. The van der Waals surface area contributed by atoms with Gasteiger partial charge in [0.15, 0.2) is 0 Å². The number of nitrogens with zero attached hydrogens (tertiary/aromatic N) is 2. The Morgan fingerprint density at radius 2 is 2.13 bits per heavy atom. The fraction of sp³-hybridized carbons (Fsp3) is 0.667. The molecule has 15 heavy (non-hydrogen) atoms. The lowest BCUT2D eigenvalue weighted by molar-refractivity contribution is -0.133. The van der Waals surface area contributed by atoms with Crippen molar-refractivity contribution in [3.05, 3.63) is 18.0 Å². The van der Waals surface area contributed by atoms with Crippen LogP contribution in [0.15, 0.2) is 12.3 Å². The van der Waals surface area contributed by atoms with Crippen LogP contribution in [0.2, 0.25) is 0 Å². The lowest BCUT2D eigenvalue weighted by Gasteiger charge is -2.06. The van der Waals surface area contributed by atoms with Gasteiger partial charge in [0.25, 0.3) is 0 Å². The minimum atomic E-state index is -4.07. The number of aromatic nitrogens is 2. The molecule has 0 aliphatic heterocycles. The summed E-state index contributed by atoms with van der Waals surface area (Å²) in [6.07, 6.45) is -2.39. The van der Waals surface area contributed by atoms with E-state index >= 15 is 0 Å². The molecule has 0 amide bonds. The van der Waals surface area contributed by atoms with Gasteiger partial charge in [0, 0.05) is 32.8 Å². The molecule has 0 spiro atoms. The molecule has 1 aromatic heterocycles. The van der Waals surface area contributed by atoms with Crippen LogP contribution in [0, 0.1) is 0 Å². The Morgan fingerprint density at radius 1 is 1.40 bits per heavy atom. The summed E-state index contributed by atoms with van der Waals surface area (Å²) < 4.78 is 36.9. The Labute approximate surface area is 86.3 Å². The summed E-state index contributed by atoms with van der Waals surface area (Å²) in [6.45, 7) is 0.490. The minimum absolute atomic E-state index is 0.0314. The molecular weight excluding hydrogens is 207 g/mol. The van der Waals surface area contributed by atoms with Crippen LogP contribution in [0.4, 0.5) is 13.2 Å². The SMILES string of the molecule is Cn1ccc(CCNCCC(F)(F)F)n1. The lowest BCUT2D eigenvalue weighted by Crippen LogP contribution is -2.23. The zero-order chi connectivity index (χ0) is 11.3. The van der Waals surface area contributed by atoms with Gasteiger partial charge in [-0.1, -0.05) is 0 Å². The van der Waals surface area contributed by atoms with Crippen molar-refractivity contribution < 1.29 is 13.2 Å². The Kier molecular flexibility index (Phi) is 4.14. The highest BCUT2D eigenvalue weighted by Crippen LogP contribution is 2.17. The largest absolute Gasteiger partial charge is 0.390 e.